The van der Waals surface area contributed by atoms with Crippen LogP contribution >= 0.6 is 7.14 Å². The third kappa shape index (κ3) is 3.57. The SMILES string of the molecule is O=P(c1c2ccccc2cc2ccccc12)(c1c2ccccc2cc2ccccc12)c1c2ccccc2cc2ccccc12. The zero-order chi connectivity index (χ0) is 29.3. The predicted molar refractivity (Wildman–Crippen MR) is 191 cm³/mol. The van der Waals surface area contributed by atoms with E-state index < -0.39 is 7.14 Å². The van der Waals surface area contributed by atoms with Crippen LogP contribution < -0.4 is 15.9 Å². The maximum absolute atomic E-state index is 17.5. The fourth-order valence-corrected chi connectivity index (χ4v) is 11.3. The molecule has 0 aliphatic carbocycles. The molecule has 0 radical (unpaired) electrons. The standard InChI is InChI=1S/C42H27OP/c43-44(40-34-19-7-1-13-28(34)25-29-14-2-8-20-35(29)40,41-36-21-9-3-15-30(36)26-31-16-4-10-22-37(31)41)42-38-23-11-5-17-32(38)27-33-18-6-12-24-39(33)42/h1-27H. The minimum atomic E-state index is -3.65. The Morgan fingerprint density at radius 1 is 0.273 bits per heavy atom. The molecule has 0 amide bonds. The number of fused-ring (bicyclic) bond motifs is 6. The average molecular weight is 579 g/mol. The largest absolute Gasteiger partial charge is 0.308 e. The zero-order valence-corrected chi connectivity index (χ0v) is 24.8. The van der Waals surface area contributed by atoms with Gasteiger partial charge in [0, 0.05) is 15.9 Å². The fraction of sp³-hybridized carbons (Fsp3) is 0. The second-order valence-corrected chi connectivity index (χ2v) is 14.2. The summed E-state index contributed by atoms with van der Waals surface area (Å²) in [4.78, 5) is 0. The molecule has 0 saturated carbocycles. The first-order chi connectivity index (χ1) is 21.7. The maximum Gasteiger partial charge on any atom is 0.174 e. The molecule has 44 heavy (non-hydrogen) atoms. The van der Waals surface area contributed by atoms with Crippen molar-refractivity contribution in [2.24, 2.45) is 0 Å². The van der Waals surface area contributed by atoms with Crippen molar-refractivity contribution >= 4 is 87.7 Å². The van der Waals surface area contributed by atoms with Gasteiger partial charge in [-0.15, -0.1) is 0 Å². The van der Waals surface area contributed by atoms with Crippen LogP contribution in [0.15, 0.2) is 164 Å². The summed E-state index contributed by atoms with van der Waals surface area (Å²) in [7, 11) is -3.65. The van der Waals surface area contributed by atoms with Crippen LogP contribution in [0.3, 0.4) is 0 Å². The lowest BCUT2D eigenvalue weighted by Crippen LogP contribution is -2.28. The monoisotopic (exact) mass is 578 g/mol. The van der Waals surface area contributed by atoms with Crippen LogP contribution in [-0.2, 0) is 4.57 Å². The van der Waals surface area contributed by atoms with Gasteiger partial charge in [0.2, 0.25) is 0 Å². The average Bonchev–Trinajstić information content (AvgIpc) is 3.08. The summed E-state index contributed by atoms with van der Waals surface area (Å²) < 4.78 is 17.5. The lowest BCUT2D eigenvalue weighted by Gasteiger charge is -2.28. The molecular weight excluding hydrogens is 551 g/mol. The predicted octanol–water partition coefficient (Wildman–Crippen LogP) is 10.2. The molecule has 0 aliphatic rings. The Balaban J connectivity index is 1.65. The molecule has 0 bridgehead atoms. The van der Waals surface area contributed by atoms with Crippen LogP contribution in [0.2, 0.25) is 0 Å². The first-order valence-electron chi connectivity index (χ1n) is 15.0. The summed E-state index contributed by atoms with van der Waals surface area (Å²) >= 11 is 0. The minimum Gasteiger partial charge on any atom is -0.308 e. The molecule has 0 aliphatic heterocycles. The van der Waals surface area contributed by atoms with E-state index in [1.165, 1.54) is 0 Å². The van der Waals surface area contributed by atoms with Crippen LogP contribution in [0.25, 0.3) is 64.6 Å². The lowest BCUT2D eigenvalue weighted by atomic mass is 10.0. The highest BCUT2D eigenvalue weighted by molar-refractivity contribution is 7.87. The van der Waals surface area contributed by atoms with Crippen LogP contribution in [0.1, 0.15) is 0 Å². The highest BCUT2D eigenvalue weighted by Crippen LogP contribution is 2.53. The van der Waals surface area contributed by atoms with Gasteiger partial charge in [0.15, 0.2) is 7.14 Å². The van der Waals surface area contributed by atoms with Gasteiger partial charge in [-0.1, -0.05) is 146 Å². The summed E-state index contributed by atoms with van der Waals surface area (Å²) in [6, 6.07) is 57.5. The molecule has 0 aromatic heterocycles. The van der Waals surface area contributed by atoms with Gasteiger partial charge < -0.3 is 4.57 Å². The molecule has 206 valence electrons. The molecule has 0 atom stereocenters. The second-order valence-electron chi connectivity index (χ2n) is 11.6. The summed E-state index contributed by atoms with van der Waals surface area (Å²) in [5, 5.41) is 15.5. The van der Waals surface area contributed by atoms with Gasteiger partial charge in [0.1, 0.15) is 0 Å². The third-order valence-electron chi connectivity index (χ3n) is 9.17. The van der Waals surface area contributed by atoms with E-state index in [2.05, 4.69) is 164 Å². The van der Waals surface area contributed by atoms with Gasteiger partial charge >= 0.3 is 0 Å². The van der Waals surface area contributed by atoms with Crippen molar-refractivity contribution in [1.82, 2.24) is 0 Å². The first kappa shape index (κ1) is 25.3. The normalized spacial score (nSPS) is 12.2. The van der Waals surface area contributed by atoms with Gasteiger partial charge in [0.25, 0.3) is 0 Å². The molecular formula is C42H27OP. The van der Waals surface area contributed by atoms with Crippen molar-refractivity contribution < 1.29 is 4.57 Å². The van der Waals surface area contributed by atoms with Gasteiger partial charge in [0.05, 0.1) is 0 Å². The molecule has 9 aromatic carbocycles. The quantitative estimate of drug-likeness (QED) is 0.151. The highest BCUT2D eigenvalue weighted by Gasteiger charge is 2.38. The Bertz CT molecular complexity index is 2200. The Hall–Kier alpha value is -5.23. The van der Waals surface area contributed by atoms with E-state index in [9.17, 15) is 0 Å². The molecule has 9 rings (SSSR count). The molecule has 0 fully saturated rings. The molecule has 2 heteroatoms. The summed E-state index contributed by atoms with van der Waals surface area (Å²) in [5.74, 6) is 0. The molecule has 9 aromatic rings. The summed E-state index contributed by atoms with van der Waals surface area (Å²) in [6.07, 6.45) is 0. The van der Waals surface area contributed by atoms with Crippen molar-refractivity contribution in [2.75, 3.05) is 0 Å². The van der Waals surface area contributed by atoms with E-state index in [4.69, 9.17) is 0 Å². The van der Waals surface area contributed by atoms with Crippen molar-refractivity contribution in [2.45, 2.75) is 0 Å². The Labute approximate surface area is 255 Å². The molecule has 1 nitrogen and oxygen atoms in total. The smallest absolute Gasteiger partial charge is 0.174 e. The van der Waals surface area contributed by atoms with Crippen LogP contribution in [0.5, 0.6) is 0 Å². The van der Waals surface area contributed by atoms with Crippen LogP contribution in [-0.4, -0.2) is 0 Å². The molecule has 0 heterocycles. The van der Waals surface area contributed by atoms with Crippen molar-refractivity contribution in [1.29, 1.82) is 0 Å². The molecule has 0 N–H and O–H groups in total. The van der Waals surface area contributed by atoms with E-state index in [0.29, 0.717) is 0 Å². The topological polar surface area (TPSA) is 17.1 Å². The maximum atomic E-state index is 17.5. The van der Waals surface area contributed by atoms with Crippen LogP contribution in [0, 0.1) is 0 Å². The Kier molecular flexibility index (Phi) is 5.54. The summed E-state index contributed by atoms with van der Waals surface area (Å²) in [5.41, 5.74) is 0. The van der Waals surface area contributed by atoms with E-state index in [0.717, 1.165) is 80.5 Å². The van der Waals surface area contributed by atoms with Crippen LogP contribution in [0.4, 0.5) is 0 Å². The second kappa shape index (κ2) is 9.64. The first-order valence-corrected chi connectivity index (χ1v) is 16.8. The van der Waals surface area contributed by atoms with Gasteiger partial charge in [-0.25, -0.2) is 0 Å². The molecule has 0 spiro atoms. The molecule has 0 unspecified atom stereocenters. The van der Waals surface area contributed by atoms with Gasteiger partial charge in [-0.2, -0.15) is 0 Å². The van der Waals surface area contributed by atoms with E-state index >= 15 is 4.57 Å². The summed E-state index contributed by atoms with van der Waals surface area (Å²) in [6.45, 7) is 0. The highest BCUT2D eigenvalue weighted by atomic mass is 31.2. The number of benzene rings is 9. The Morgan fingerprint density at radius 3 is 0.659 bits per heavy atom. The minimum absolute atomic E-state index is 0.911. The van der Waals surface area contributed by atoms with Gasteiger partial charge in [-0.05, 0) is 82.8 Å². The number of hydrogen-bond acceptors (Lipinski definition) is 1. The zero-order valence-electron chi connectivity index (χ0n) is 23.9. The lowest BCUT2D eigenvalue weighted by molar-refractivity contribution is 0.593. The van der Waals surface area contributed by atoms with E-state index in [1.807, 2.05) is 0 Å². The van der Waals surface area contributed by atoms with E-state index in [1.54, 1.807) is 0 Å². The van der Waals surface area contributed by atoms with E-state index in [-0.39, 0.29) is 0 Å². The van der Waals surface area contributed by atoms with Crippen molar-refractivity contribution in [3.8, 4) is 0 Å². The van der Waals surface area contributed by atoms with Crippen molar-refractivity contribution in [3.05, 3.63) is 164 Å². The number of hydrogen-bond donors (Lipinski definition) is 0. The number of rotatable bonds is 3. The molecule has 0 saturated heterocycles. The van der Waals surface area contributed by atoms with Gasteiger partial charge in [-0.3, -0.25) is 0 Å². The third-order valence-corrected chi connectivity index (χ3v) is 12.5. The fourth-order valence-electron chi connectivity index (χ4n) is 7.32. The Morgan fingerprint density at radius 2 is 0.455 bits per heavy atom. The van der Waals surface area contributed by atoms with Crippen molar-refractivity contribution in [3.63, 3.8) is 0 Å².